The number of ether oxygens (including phenoxy) is 4. The zero-order chi connectivity index (χ0) is 25.1. The van der Waals surface area contributed by atoms with Gasteiger partial charge in [0.25, 0.3) is 5.91 Å². The SMILES string of the molecule is COc1cc(/C=C2\SC(=S)N(C)C2=O)ccc1Oc1nc(N2CCOCC2)nc(N2CCOCC2)n1. The lowest BCUT2D eigenvalue weighted by molar-refractivity contribution is -0.121. The van der Waals surface area contributed by atoms with Crippen LogP contribution in [-0.2, 0) is 14.3 Å². The van der Waals surface area contributed by atoms with Crippen molar-refractivity contribution in [3.63, 3.8) is 0 Å². The van der Waals surface area contributed by atoms with Gasteiger partial charge < -0.3 is 28.7 Å². The maximum absolute atomic E-state index is 12.4. The molecule has 1 aromatic carbocycles. The molecule has 11 nitrogen and oxygen atoms in total. The Kier molecular flexibility index (Phi) is 7.51. The van der Waals surface area contributed by atoms with E-state index < -0.39 is 0 Å². The Balaban J connectivity index is 1.43. The summed E-state index contributed by atoms with van der Waals surface area (Å²) >= 11 is 6.48. The summed E-state index contributed by atoms with van der Waals surface area (Å²) in [4.78, 5) is 32.4. The van der Waals surface area contributed by atoms with E-state index in [4.69, 9.17) is 36.1 Å². The molecule has 36 heavy (non-hydrogen) atoms. The van der Waals surface area contributed by atoms with Gasteiger partial charge in [-0.1, -0.05) is 30.0 Å². The van der Waals surface area contributed by atoms with Gasteiger partial charge in [-0.15, -0.1) is 0 Å². The number of rotatable bonds is 6. The highest BCUT2D eigenvalue weighted by molar-refractivity contribution is 8.26. The number of morpholine rings is 2. The fraction of sp³-hybridized carbons (Fsp3) is 0.435. The van der Waals surface area contributed by atoms with Crippen LogP contribution in [0.2, 0.25) is 0 Å². The first-order valence-electron chi connectivity index (χ1n) is 11.5. The summed E-state index contributed by atoms with van der Waals surface area (Å²) in [5.41, 5.74) is 0.784. The van der Waals surface area contributed by atoms with Gasteiger partial charge in [0.05, 0.1) is 38.4 Å². The highest BCUT2D eigenvalue weighted by atomic mass is 32.2. The van der Waals surface area contributed by atoms with E-state index in [0.29, 0.717) is 85.2 Å². The standard InChI is InChI=1S/C23H26N6O5S2/c1-27-19(30)18(36-23(27)35)14-15-3-4-16(17(13-15)31-2)34-22-25-20(28-5-9-32-10-6-28)24-21(26-22)29-7-11-33-12-8-29/h3-4,13-14H,5-12H2,1-2H3/b18-14-. The Morgan fingerprint density at radius 3 is 2.11 bits per heavy atom. The number of hydrogen-bond donors (Lipinski definition) is 0. The van der Waals surface area contributed by atoms with Crippen LogP contribution in [-0.4, -0.2) is 96.8 Å². The first kappa shape index (κ1) is 24.7. The van der Waals surface area contributed by atoms with Crippen LogP contribution in [0.25, 0.3) is 6.08 Å². The number of aromatic nitrogens is 3. The first-order chi connectivity index (χ1) is 17.5. The fourth-order valence-corrected chi connectivity index (χ4v) is 5.02. The van der Waals surface area contributed by atoms with Crippen LogP contribution in [0.15, 0.2) is 23.1 Å². The van der Waals surface area contributed by atoms with Gasteiger partial charge in [-0.05, 0) is 23.8 Å². The third-order valence-corrected chi connectivity index (χ3v) is 7.34. The molecule has 5 rings (SSSR count). The Hall–Kier alpha value is -3.00. The van der Waals surface area contributed by atoms with Crippen molar-refractivity contribution in [2.24, 2.45) is 0 Å². The van der Waals surface area contributed by atoms with Crippen molar-refractivity contribution >= 4 is 52.2 Å². The summed E-state index contributed by atoms with van der Waals surface area (Å²) in [5.74, 6) is 1.89. The number of nitrogens with zero attached hydrogens (tertiary/aromatic N) is 6. The maximum atomic E-state index is 12.4. The number of hydrogen-bond acceptors (Lipinski definition) is 12. The molecule has 0 atom stereocenters. The molecule has 3 aliphatic rings. The Labute approximate surface area is 218 Å². The molecule has 1 amide bonds. The summed E-state index contributed by atoms with van der Waals surface area (Å²) < 4.78 is 23.2. The Bertz CT molecular complexity index is 1150. The molecule has 0 N–H and O–H groups in total. The summed E-state index contributed by atoms with van der Waals surface area (Å²) in [6, 6.07) is 5.58. The molecular weight excluding hydrogens is 504 g/mol. The predicted octanol–water partition coefficient (Wildman–Crippen LogP) is 2.18. The van der Waals surface area contributed by atoms with E-state index in [1.165, 1.54) is 16.7 Å². The van der Waals surface area contributed by atoms with E-state index in [1.54, 1.807) is 32.4 Å². The molecule has 190 valence electrons. The number of methoxy groups -OCH3 is 1. The van der Waals surface area contributed by atoms with Gasteiger partial charge in [-0.25, -0.2) is 0 Å². The van der Waals surface area contributed by atoms with Gasteiger partial charge in [0, 0.05) is 33.2 Å². The second-order valence-electron chi connectivity index (χ2n) is 8.17. The minimum absolute atomic E-state index is 0.124. The van der Waals surface area contributed by atoms with Crippen molar-refractivity contribution < 1.29 is 23.7 Å². The maximum Gasteiger partial charge on any atom is 0.328 e. The van der Waals surface area contributed by atoms with Crippen LogP contribution < -0.4 is 19.3 Å². The van der Waals surface area contributed by atoms with Crippen molar-refractivity contribution in [1.29, 1.82) is 0 Å². The highest BCUT2D eigenvalue weighted by Crippen LogP contribution is 2.35. The average molecular weight is 531 g/mol. The third-order valence-electron chi connectivity index (χ3n) is 5.85. The van der Waals surface area contributed by atoms with Crippen LogP contribution in [0.1, 0.15) is 5.56 Å². The van der Waals surface area contributed by atoms with Crippen LogP contribution in [0, 0.1) is 0 Å². The lowest BCUT2D eigenvalue weighted by atomic mass is 10.2. The second kappa shape index (κ2) is 10.9. The van der Waals surface area contributed by atoms with Crippen molar-refractivity contribution in [3.05, 3.63) is 28.7 Å². The van der Waals surface area contributed by atoms with Gasteiger partial charge in [0.1, 0.15) is 4.32 Å². The van der Waals surface area contributed by atoms with Gasteiger partial charge >= 0.3 is 6.01 Å². The molecule has 0 radical (unpaired) electrons. The molecule has 4 heterocycles. The molecule has 13 heteroatoms. The number of thioether (sulfide) groups is 1. The topological polar surface area (TPSA) is 102 Å². The number of likely N-dealkylation sites (N-methyl/N-ethyl adjacent to an activating group) is 1. The third kappa shape index (κ3) is 5.38. The molecule has 1 aromatic heterocycles. The molecule has 0 bridgehead atoms. The largest absolute Gasteiger partial charge is 0.493 e. The minimum Gasteiger partial charge on any atom is -0.493 e. The second-order valence-corrected chi connectivity index (χ2v) is 9.85. The molecule has 0 spiro atoms. The highest BCUT2D eigenvalue weighted by Gasteiger charge is 2.29. The van der Waals surface area contributed by atoms with Crippen LogP contribution in [0.4, 0.5) is 11.9 Å². The molecule has 0 unspecified atom stereocenters. The zero-order valence-electron chi connectivity index (χ0n) is 20.0. The number of thiocarbonyl (C=S) groups is 1. The minimum atomic E-state index is -0.124. The van der Waals surface area contributed by atoms with Crippen molar-refractivity contribution in [2.75, 3.05) is 76.6 Å². The van der Waals surface area contributed by atoms with E-state index >= 15 is 0 Å². The number of carbonyl (C=O) groups excluding carboxylic acids is 1. The summed E-state index contributed by atoms with van der Waals surface area (Å²) in [7, 11) is 3.23. The van der Waals surface area contributed by atoms with Crippen LogP contribution in [0.5, 0.6) is 17.5 Å². The smallest absolute Gasteiger partial charge is 0.328 e. The molecular formula is C23H26N6O5S2. The van der Waals surface area contributed by atoms with E-state index in [9.17, 15) is 4.79 Å². The number of anilines is 2. The molecule has 0 aliphatic carbocycles. The van der Waals surface area contributed by atoms with Gasteiger partial charge in [-0.3, -0.25) is 9.69 Å². The first-order valence-corrected chi connectivity index (χ1v) is 12.7. The van der Waals surface area contributed by atoms with E-state index in [-0.39, 0.29) is 11.9 Å². The summed E-state index contributed by atoms with van der Waals surface area (Å²) in [6.07, 6.45) is 1.78. The van der Waals surface area contributed by atoms with Crippen molar-refractivity contribution in [1.82, 2.24) is 19.9 Å². The van der Waals surface area contributed by atoms with E-state index in [0.717, 1.165) is 5.56 Å². The van der Waals surface area contributed by atoms with Crippen LogP contribution >= 0.6 is 24.0 Å². The number of carbonyl (C=O) groups is 1. The lowest BCUT2D eigenvalue weighted by Crippen LogP contribution is -2.40. The van der Waals surface area contributed by atoms with Gasteiger partial charge in [0.15, 0.2) is 11.5 Å². The normalized spacial score (nSPS) is 19.8. The molecule has 3 fully saturated rings. The predicted molar refractivity (Wildman–Crippen MR) is 140 cm³/mol. The fourth-order valence-electron chi connectivity index (χ4n) is 3.84. The van der Waals surface area contributed by atoms with Crippen LogP contribution in [0.3, 0.4) is 0 Å². The van der Waals surface area contributed by atoms with Gasteiger partial charge in [0.2, 0.25) is 11.9 Å². The molecule has 3 aliphatic heterocycles. The van der Waals surface area contributed by atoms with Crippen molar-refractivity contribution in [3.8, 4) is 17.5 Å². The molecule has 0 saturated carbocycles. The van der Waals surface area contributed by atoms with E-state index in [2.05, 4.69) is 19.8 Å². The Morgan fingerprint density at radius 2 is 1.58 bits per heavy atom. The number of benzene rings is 1. The summed E-state index contributed by atoms with van der Waals surface area (Å²) in [5, 5.41) is 0. The summed E-state index contributed by atoms with van der Waals surface area (Å²) in [6.45, 7) is 5.20. The quantitative estimate of drug-likeness (QED) is 0.404. The monoisotopic (exact) mass is 530 g/mol. The average Bonchev–Trinajstić information content (AvgIpc) is 3.16. The lowest BCUT2D eigenvalue weighted by Gasteiger charge is -2.30. The number of amides is 1. The van der Waals surface area contributed by atoms with Gasteiger partial charge in [-0.2, -0.15) is 15.0 Å². The zero-order valence-corrected chi connectivity index (χ0v) is 21.6. The molecule has 3 saturated heterocycles. The molecule has 2 aromatic rings. The van der Waals surface area contributed by atoms with E-state index in [1.807, 2.05) is 6.07 Å². The Morgan fingerprint density at radius 1 is 0.972 bits per heavy atom. The van der Waals surface area contributed by atoms with Crippen molar-refractivity contribution in [2.45, 2.75) is 0 Å².